The molecule has 0 radical (unpaired) electrons. The normalized spacial score (nSPS) is 19.0. The number of nitrogens with one attached hydrogen (secondary N) is 1. The van der Waals surface area contributed by atoms with Gasteiger partial charge >= 0.3 is 0 Å². The van der Waals surface area contributed by atoms with E-state index in [-0.39, 0.29) is 23.9 Å². The quantitative estimate of drug-likeness (QED) is 0.685. The number of aliphatic hydroxyl groups is 1. The van der Waals surface area contributed by atoms with E-state index in [1.54, 1.807) is 30.3 Å². The first-order valence-corrected chi connectivity index (χ1v) is 10.9. The van der Waals surface area contributed by atoms with Gasteiger partial charge < -0.3 is 15.5 Å². The van der Waals surface area contributed by atoms with Crippen molar-refractivity contribution in [1.82, 2.24) is 0 Å². The summed E-state index contributed by atoms with van der Waals surface area (Å²) < 4.78 is 0. The van der Waals surface area contributed by atoms with E-state index in [1.165, 1.54) is 0 Å². The Morgan fingerprint density at radius 1 is 1.03 bits per heavy atom. The van der Waals surface area contributed by atoms with Crippen molar-refractivity contribution in [2.24, 2.45) is 5.92 Å². The Balaban J connectivity index is 1.59. The second-order valence-electron chi connectivity index (χ2n) is 8.71. The summed E-state index contributed by atoms with van der Waals surface area (Å²) in [7, 11) is 0. The van der Waals surface area contributed by atoms with Gasteiger partial charge in [-0.1, -0.05) is 31.4 Å². The third-order valence-electron chi connectivity index (χ3n) is 6.57. The van der Waals surface area contributed by atoms with E-state index in [0.29, 0.717) is 12.1 Å². The minimum absolute atomic E-state index is 0.123. The molecule has 1 atom stereocenters. The number of amides is 1. The monoisotopic (exact) mass is 407 g/mol. The van der Waals surface area contributed by atoms with Gasteiger partial charge in [0.1, 0.15) is 11.4 Å². The second kappa shape index (κ2) is 8.60. The van der Waals surface area contributed by atoms with E-state index in [4.69, 9.17) is 0 Å². The molecule has 0 saturated heterocycles. The van der Waals surface area contributed by atoms with Crippen molar-refractivity contribution in [1.29, 1.82) is 0 Å². The number of phenolic OH excluding ortho intramolecular Hbond substituents is 1. The molecule has 0 bridgehead atoms. The van der Waals surface area contributed by atoms with E-state index in [0.717, 1.165) is 61.6 Å². The van der Waals surface area contributed by atoms with Crippen molar-refractivity contribution in [3.05, 3.63) is 59.2 Å². The van der Waals surface area contributed by atoms with E-state index >= 15 is 0 Å². The summed E-state index contributed by atoms with van der Waals surface area (Å²) >= 11 is 0. The van der Waals surface area contributed by atoms with Crippen LogP contribution in [-0.4, -0.2) is 27.5 Å². The Morgan fingerprint density at radius 3 is 2.60 bits per heavy atom. The zero-order valence-electron chi connectivity index (χ0n) is 17.2. The Hall–Kier alpha value is -2.66. The van der Waals surface area contributed by atoms with Gasteiger partial charge in [0.15, 0.2) is 5.78 Å². The van der Waals surface area contributed by atoms with Gasteiger partial charge in [-0.05, 0) is 73.1 Å². The molecular weight excluding hydrogens is 378 g/mol. The fourth-order valence-electron chi connectivity index (χ4n) is 4.93. The van der Waals surface area contributed by atoms with Crippen LogP contribution in [0.3, 0.4) is 0 Å². The zero-order chi connectivity index (χ0) is 21.1. The fraction of sp³-hybridized carbons (Fsp3) is 0.440. The molecule has 5 heteroatoms. The molecule has 2 aromatic rings. The minimum atomic E-state index is -1.56. The lowest BCUT2D eigenvalue weighted by Gasteiger charge is -2.37. The minimum Gasteiger partial charge on any atom is -0.508 e. The van der Waals surface area contributed by atoms with Crippen molar-refractivity contribution < 1.29 is 19.8 Å². The first-order chi connectivity index (χ1) is 14.5. The average molecular weight is 408 g/mol. The Bertz CT molecular complexity index is 948. The summed E-state index contributed by atoms with van der Waals surface area (Å²) in [4.78, 5) is 25.4. The topological polar surface area (TPSA) is 86.6 Å². The molecular formula is C25H29NO4. The van der Waals surface area contributed by atoms with Crippen LogP contribution in [0.2, 0.25) is 0 Å². The number of benzene rings is 2. The Kier molecular flexibility index (Phi) is 5.91. The number of hydrogen-bond donors (Lipinski definition) is 3. The predicted octanol–water partition coefficient (Wildman–Crippen LogP) is 4.40. The Morgan fingerprint density at radius 2 is 1.83 bits per heavy atom. The highest BCUT2D eigenvalue weighted by Gasteiger charge is 2.44. The average Bonchev–Trinajstić information content (AvgIpc) is 2.74. The van der Waals surface area contributed by atoms with Crippen molar-refractivity contribution in [3.63, 3.8) is 0 Å². The highest BCUT2D eigenvalue weighted by molar-refractivity contribution is 6.01. The van der Waals surface area contributed by atoms with E-state index in [1.807, 2.05) is 12.1 Å². The molecule has 2 aliphatic carbocycles. The summed E-state index contributed by atoms with van der Waals surface area (Å²) in [5.41, 5.74) is 1.48. The number of aromatic hydroxyl groups is 1. The van der Waals surface area contributed by atoms with Crippen molar-refractivity contribution in [2.75, 3.05) is 5.32 Å². The van der Waals surface area contributed by atoms with E-state index in [9.17, 15) is 19.8 Å². The third-order valence-corrected chi connectivity index (χ3v) is 6.57. The van der Waals surface area contributed by atoms with Gasteiger partial charge in [-0.15, -0.1) is 0 Å². The summed E-state index contributed by atoms with van der Waals surface area (Å²) in [5, 5.41) is 24.4. The van der Waals surface area contributed by atoms with E-state index in [2.05, 4.69) is 5.32 Å². The van der Waals surface area contributed by atoms with Crippen LogP contribution in [0, 0.1) is 5.92 Å². The molecule has 5 nitrogen and oxygen atoms in total. The molecule has 1 fully saturated rings. The molecule has 4 rings (SSSR count). The molecule has 0 heterocycles. The second-order valence-corrected chi connectivity index (χ2v) is 8.71. The van der Waals surface area contributed by atoms with Gasteiger partial charge in [0.25, 0.3) is 5.91 Å². The maximum absolute atomic E-state index is 13.4. The number of carbonyl (C=O) groups is 2. The number of Topliss-reactive ketones (excluding diaryl/α,β-unsaturated/α-hetero) is 1. The first-order valence-electron chi connectivity index (χ1n) is 10.9. The van der Waals surface area contributed by atoms with Crippen LogP contribution in [0.25, 0.3) is 0 Å². The molecule has 0 spiro atoms. The lowest BCUT2D eigenvalue weighted by Crippen LogP contribution is -2.51. The fourth-order valence-corrected chi connectivity index (χ4v) is 4.93. The lowest BCUT2D eigenvalue weighted by molar-refractivity contribution is -0.141. The van der Waals surface area contributed by atoms with Crippen LogP contribution in [-0.2, 0) is 17.6 Å². The van der Waals surface area contributed by atoms with Crippen LogP contribution in [0.4, 0.5) is 5.69 Å². The summed E-state index contributed by atoms with van der Waals surface area (Å²) in [6.07, 6.45) is 7.11. The van der Waals surface area contributed by atoms with Gasteiger partial charge in [-0.3, -0.25) is 9.59 Å². The number of hydrogen-bond acceptors (Lipinski definition) is 4. The van der Waals surface area contributed by atoms with Crippen LogP contribution < -0.4 is 5.32 Å². The number of anilines is 1. The van der Waals surface area contributed by atoms with Gasteiger partial charge in [0.05, 0.1) is 0 Å². The van der Waals surface area contributed by atoms with Crippen LogP contribution in [0.5, 0.6) is 5.75 Å². The van der Waals surface area contributed by atoms with Gasteiger partial charge in [0.2, 0.25) is 0 Å². The molecule has 0 aromatic heterocycles. The maximum atomic E-state index is 13.4. The van der Waals surface area contributed by atoms with Crippen LogP contribution in [0.15, 0.2) is 42.5 Å². The molecule has 30 heavy (non-hydrogen) atoms. The molecule has 2 aromatic carbocycles. The molecule has 1 unspecified atom stereocenters. The number of ketones is 1. The number of aryl methyl sites for hydroxylation is 1. The maximum Gasteiger partial charge on any atom is 0.256 e. The van der Waals surface area contributed by atoms with Gasteiger partial charge in [-0.2, -0.15) is 0 Å². The van der Waals surface area contributed by atoms with Gasteiger partial charge in [-0.25, -0.2) is 0 Å². The van der Waals surface area contributed by atoms with Crippen molar-refractivity contribution in [2.45, 2.75) is 63.4 Å². The molecule has 2 aliphatic rings. The summed E-state index contributed by atoms with van der Waals surface area (Å²) in [6, 6.07) is 12.1. The van der Waals surface area contributed by atoms with Crippen molar-refractivity contribution >= 4 is 17.4 Å². The summed E-state index contributed by atoms with van der Waals surface area (Å²) in [5.74, 6) is -0.275. The summed E-state index contributed by atoms with van der Waals surface area (Å²) in [6.45, 7) is 0. The molecule has 1 amide bonds. The number of phenols is 1. The molecule has 158 valence electrons. The molecule has 0 aliphatic heterocycles. The Labute approximate surface area is 177 Å². The highest BCUT2D eigenvalue weighted by atomic mass is 16.3. The standard InChI is InChI=1S/C25H29NO4/c27-21-10-4-6-17(14-21)16-25(30,19-8-2-1-3-9-19)24(29)26-20-12-13-22-18(15-20)7-5-11-23(22)28/h4,6,10,12-15,19,27,30H,1-3,5,7-9,11,16H2,(H,26,29). The number of fused-ring (bicyclic) bond motifs is 1. The largest absolute Gasteiger partial charge is 0.508 e. The lowest BCUT2D eigenvalue weighted by atomic mass is 9.73. The molecule has 3 N–H and O–H groups in total. The van der Waals surface area contributed by atoms with Gasteiger partial charge in [0, 0.05) is 24.1 Å². The number of rotatable bonds is 5. The zero-order valence-corrected chi connectivity index (χ0v) is 17.2. The van der Waals surface area contributed by atoms with Crippen LogP contribution >= 0.6 is 0 Å². The third kappa shape index (κ3) is 4.26. The predicted molar refractivity (Wildman–Crippen MR) is 116 cm³/mol. The first kappa shape index (κ1) is 20.6. The molecule has 1 saturated carbocycles. The smallest absolute Gasteiger partial charge is 0.256 e. The highest BCUT2D eigenvalue weighted by Crippen LogP contribution is 2.36. The number of carbonyl (C=O) groups excluding carboxylic acids is 2. The van der Waals surface area contributed by atoms with Crippen LogP contribution in [0.1, 0.15) is 66.4 Å². The SMILES string of the molecule is O=C1CCCc2cc(NC(=O)C(O)(Cc3cccc(O)c3)C3CCCCC3)ccc21. The van der Waals surface area contributed by atoms with Crippen molar-refractivity contribution in [3.8, 4) is 5.75 Å². The van der Waals surface area contributed by atoms with E-state index < -0.39 is 11.5 Å².